The predicted octanol–water partition coefficient (Wildman–Crippen LogP) is -1.47. The molecule has 0 bridgehead atoms. The van der Waals surface area contributed by atoms with Crippen molar-refractivity contribution in [2.45, 2.75) is 25.9 Å². The maximum Gasteiger partial charge on any atom is 0.241 e. The SMILES string of the molecule is CCN(C)C(=O)CNC(=O)C1CNC(C)CN1. The highest BCUT2D eigenvalue weighted by Crippen LogP contribution is 1.93. The Morgan fingerprint density at radius 2 is 2.06 bits per heavy atom. The summed E-state index contributed by atoms with van der Waals surface area (Å²) in [6.45, 7) is 6.03. The summed E-state index contributed by atoms with van der Waals surface area (Å²) < 4.78 is 0. The number of amides is 2. The molecule has 0 aliphatic carbocycles. The highest BCUT2D eigenvalue weighted by atomic mass is 16.2. The summed E-state index contributed by atoms with van der Waals surface area (Å²) in [7, 11) is 1.72. The molecule has 1 saturated heterocycles. The minimum atomic E-state index is -0.245. The molecule has 2 amide bonds. The summed E-state index contributed by atoms with van der Waals surface area (Å²) in [6.07, 6.45) is 0. The standard InChI is InChI=1S/C11H22N4O2/c1-4-15(3)10(16)7-14-11(17)9-6-12-8(2)5-13-9/h8-9,12-13H,4-7H2,1-3H3,(H,14,17). The maximum absolute atomic E-state index is 11.7. The minimum absolute atomic E-state index is 0.0664. The molecule has 1 aliphatic rings. The second-order valence-corrected chi connectivity index (χ2v) is 4.40. The fraction of sp³-hybridized carbons (Fsp3) is 0.818. The van der Waals surface area contributed by atoms with Crippen LogP contribution in [0.1, 0.15) is 13.8 Å². The number of likely N-dealkylation sites (N-methyl/N-ethyl adjacent to an activating group) is 1. The predicted molar refractivity (Wildman–Crippen MR) is 65.6 cm³/mol. The Bertz CT molecular complexity index is 275. The highest BCUT2D eigenvalue weighted by molar-refractivity contribution is 5.87. The smallest absolute Gasteiger partial charge is 0.241 e. The number of hydrogen-bond acceptors (Lipinski definition) is 4. The molecule has 0 saturated carbocycles. The van der Waals surface area contributed by atoms with Gasteiger partial charge in [0.05, 0.1) is 12.6 Å². The van der Waals surface area contributed by atoms with Gasteiger partial charge in [-0.1, -0.05) is 0 Å². The van der Waals surface area contributed by atoms with Gasteiger partial charge in [-0.3, -0.25) is 9.59 Å². The van der Waals surface area contributed by atoms with Crippen molar-refractivity contribution < 1.29 is 9.59 Å². The zero-order chi connectivity index (χ0) is 12.8. The molecule has 1 heterocycles. The van der Waals surface area contributed by atoms with E-state index in [9.17, 15) is 9.59 Å². The number of carbonyl (C=O) groups excluding carboxylic acids is 2. The van der Waals surface area contributed by atoms with E-state index in [1.165, 1.54) is 0 Å². The fourth-order valence-electron chi connectivity index (χ4n) is 1.57. The van der Waals surface area contributed by atoms with E-state index in [2.05, 4.69) is 22.9 Å². The summed E-state index contributed by atoms with van der Waals surface area (Å²) in [5.41, 5.74) is 0. The number of nitrogens with one attached hydrogen (secondary N) is 3. The first kappa shape index (κ1) is 13.9. The first-order valence-corrected chi connectivity index (χ1v) is 6.03. The molecule has 6 nitrogen and oxygen atoms in total. The van der Waals surface area contributed by atoms with Crippen molar-refractivity contribution in [1.82, 2.24) is 20.9 Å². The Hall–Kier alpha value is -1.14. The molecule has 17 heavy (non-hydrogen) atoms. The van der Waals surface area contributed by atoms with Crippen molar-refractivity contribution in [3.05, 3.63) is 0 Å². The lowest BCUT2D eigenvalue weighted by Gasteiger charge is -2.28. The van der Waals surface area contributed by atoms with Gasteiger partial charge in [0.1, 0.15) is 0 Å². The molecule has 0 aromatic rings. The van der Waals surface area contributed by atoms with Crippen LogP contribution in [-0.4, -0.2) is 62.0 Å². The molecule has 0 aromatic heterocycles. The molecule has 1 fully saturated rings. The third kappa shape index (κ3) is 4.32. The zero-order valence-corrected chi connectivity index (χ0v) is 10.7. The van der Waals surface area contributed by atoms with Crippen LogP contribution in [0.15, 0.2) is 0 Å². The van der Waals surface area contributed by atoms with Gasteiger partial charge in [0, 0.05) is 32.7 Å². The van der Waals surface area contributed by atoms with Gasteiger partial charge >= 0.3 is 0 Å². The van der Waals surface area contributed by atoms with Crippen LogP contribution < -0.4 is 16.0 Å². The van der Waals surface area contributed by atoms with Crippen molar-refractivity contribution >= 4 is 11.8 Å². The van der Waals surface area contributed by atoms with Crippen LogP contribution in [0.25, 0.3) is 0 Å². The van der Waals surface area contributed by atoms with Crippen LogP contribution in [0.4, 0.5) is 0 Å². The van der Waals surface area contributed by atoms with Gasteiger partial charge in [-0.15, -0.1) is 0 Å². The third-order valence-electron chi connectivity index (χ3n) is 2.97. The van der Waals surface area contributed by atoms with E-state index >= 15 is 0 Å². The maximum atomic E-state index is 11.7. The Morgan fingerprint density at radius 3 is 2.59 bits per heavy atom. The lowest BCUT2D eigenvalue weighted by molar-refractivity contribution is -0.132. The van der Waals surface area contributed by atoms with Gasteiger partial charge in [-0.05, 0) is 13.8 Å². The second-order valence-electron chi connectivity index (χ2n) is 4.40. The number of hydrogen-bond donors (Lipinski definition) is 3. The van der Waals surface area contributed by atoms with Crippen molar-refractivity contribution in [2.24, 2.45) is 0 Å². The molecule has 3 N–H and O–H groups in total. The van der Waals surface area contributed by atoms with E-state index in [1.54, 1.807) is 11.9 Å². The van der Waals surface area contributed by atoms with Crippen molar-refractivity contribution in [2.75, 3.05) is 33.2 Å². The van der Waals surface area contributed by atoms with E-state index in [-0.39, 0.29) is 24.4 Å². The van der Waals surface area contributed by atoms with Crippen molar-refractivity contribution in [3.63, 3.8) is 0 Å². The Morgan fingerprint density at radius 1 is 1.35 bits per heavy atom. The Kier molecular flexibility index (Phi) is 5.37. The monoisotopic (exact) mass is 242 g/mol. The largest absolute Gasteiger partial charge is 0.346 e. The number of rotatable bonds is 4. The van der Waals surface area contributed by atoms with Crippen LogP contribution in [-0.2, 0) is 9.59 Å². The first-order chi connectivity index (χ1) is 8.04. The number of nitrogens with zero attached hydrogens (tertiary/aromatic N) is 1. The highest BCUT2D eigenvalue weighted by Gasteiger charge is 2.23. The minimum Gasteiger partial charge on any atom is -0.346 e. The average Bonchev–Trinajstić information content (AvgIpc) is 2.35. The van der Waals surface area contributed by atoms with Crippen LogP contribution in [0.3, 0.4) is 0 Å². The van der Waals surface area contributed by atoms with Gasteiger partial charge in [0.15, 0.2) is 0 Å². The molecule has 98 valence electrons. The summed E-state index contributed by atoms with van der Waals surface area (Å²) in [5, 5.41) is 9.00. The molecule has 1 rings (SSSR count). The topological polar surface area (TPSA) is 73.5 Å². The summed E-state index contributed by atoms with van der Waals surface area (Å²) >= 11 is 0. The molecule has 0 radical (unpaired) electrons. The van der Waals surface area contributed by atoms with E-state index < -0.39 is 0 Å². The van der Waals surface area contributed by atoms with Crippen LogP contribution in [0.2, 0.25) is 0 Å². The lowest BCUT2D eigenvalue weighted by Crippen LogP contribution is -2.59. The van der Waals surface area contributed by atoms with Gasteiger partial charge in [0.25, 0.3) is 0 Å². The Labute approximate surface area is 102 Å². The molecule has 0 aromatic carbocycles. The van der Waals surface area contributed by atoms with Crippen molar-refractivity contribution in [1.29, 1.82) is 0 Å². The molecule has 1 aliphatic heterocycles. The normalized spacial score (nSPS) is 24.2. The third-order valence-corrected chi connectivity index (χ3v) is 2.97. The average molecular weight is 242 g/mol. The van der Waals surface area contributed by atoms with Crippen LogP contribution in [0.5, 0.6) is 0 Å². The molecule has 0 spiro atoms. The van der Waals surface area contributed by atoms with E-state index in [0.717, 1.165) is 6.54 Å². The number of carbonyl (C=O) groups is 2. The fourth-order valence-corrected chi connectivity index (χ4v) is 1.57. The molecular formula is C11H22N4O2. The van der Waals surface area contributed by atoms with Gasteiger partial charge in [-0.25, -0.2) is 0 Å². The lowest BCUT2D eigenvalue weighted by atomic mass is 10.1. The zero-order valence-electron chi connectivity index (χ0n) is 10.7. The van der Waals surface area contributed by atoms with Crippen molar-refractivity contribution in [3.8, 4) is 0 Å². The molecule has 6 heteroatoms. The summed E-state index contributed by atoms with van der Waals surface area (Å²) in [5.74, 6) is -0.194. The van der Waals surface area contributed by atoms with E-state index in [1.807, 2.05) is 6.92 Å². The summed E-state index contributed by atoms with van der Waals surface area (Å²) in [6, 6.07) is 0.137. The Balaban J connectivity index is 2.27. The van der Waals surface area contributed by atoms with Crippen LogP contribution in [0, 0.1) is 0 Å². The van der Waals surface area contributed by atoms with Gasteiger partial charge in [-0.2, -0.15) is 0 Å². The number of piperazine rings is 1. The summed E-state index contributed by atoms with van der Waals surface area (Å²) in [4.78, 5) is 24.8. The van der Waals surface area contributed by atoms with Gasteiger partial charge in [0.2, 0.25) is 11.8 Å². The quantitative estimate of drug-likeness (QED) is 0.563. The molecular weight excluding hydrogens is 220 g/mol. The van der Waals surface area contributed by atoms with E-state index in [0.29, 0.717) is 19.1 Å². The van der Waals surface area contributed by atoms with E-state index in [4.69, 9.17) is 0 Å². The van der Waals surface area contributed by atoms with Gasteiger partial charge < -0.3 is 20.9 Å². The second kappa shape index (κ2) is 6.56. The molecule has 2 unspecified atom stereocenters. The first-order valence-electron chi connectivity index (χ1n) is 6.03. The van der Waals surface area contributed by atoms with Crippen LogP contribution >= 0.6 is 0 Å². The molecule has 2 atom stereocenters.